The van der Waals surface area contributed by atoms with Gasteiger partial charge in [-0.2, -0.15) is 0 Å². The first-order valence-electron chi connectivity index (χ1n) is 7.13. The van der Waals surface area contributed by atoms with Crippen molar-refractivity contribution in [3.05, 3.63) is 0 Å². The zero-order valence-corrected chi connectivity index (χ0v) is 11.1. The molecule has 102 valence electrons. The maximum atomic E-state index is 12.3. The summed E-state index contributed by atoms with van der Waals surface area (Å²) in [6.07, 6.45) is 7.47. The fourth-order valence-electron chi connectivity index (χ4n) is 3.26. The normalized spacial score (nSPS) is 30.3. The first kappa shape index (κ1) is 13.4. The van der Waals surface area contributed by atoms with Crippen molar-refractivity contribution in [3.63, 3.8) is 0 Å². The Bertz CT molecular complexity index is 330. The molecule has 2 fully saturated rings. The first-order valence-corrected chi connectivity index (χ1v) is 7.13. The van der Waals surface area contributed by atoms with Crippen LogP contribution >= 0.6 is 0 Å². The van der Waals surface area contributed by atoms with Crippen molar-refractivity contribution in [1.29, 1.82) is 0 Å². The topological polar surface area (TPSA) is 66.4 Å². The van der Waals surface area contributed by atoms with E-state index in [1.54, 1.807) is 0 Å². The highest BCUT2D eigenvalue weighted by Crippen LogP contribution is 2.37. The lowest BCUT2D eigenvalue weighted by Gasteiger charge is -2.43. The van der Waals surface area contributed by atoms with E-state index < -0.39 is 11.9 Å². The first-order chi connectivity index (χ1) is 8.58. The molecule has 2 aliphatic carbocycles. The Morgan fingerprint density at radius 2 is 1.78 bits per heavy atom. The molecule has 0 radical (unpaired) electrons. The van der Waals surface area contributed by atoms with Gasteiger partial charge >= 0.3 is 5.97 Å². The highest BCUT2D eigenvalue weighted by molar-refractivity contribution is 5.85. The molecule has 0 aromatic carbocycles. The van der Waals surface area contributed by atoms with Crippen LogP contribution in [-0.4, -0.2) is 22.5 Å². The summed E-state index contributed by atoms with van der Waals surface area (Å²) >= 11 is 0. The SMILES string of the molecule is CCC1(NC(=O)[C@@H]2CCCC[C@@H]2C(=O)O)CCC1. The molecule has 0 aromatic rings. The third kappa shape index (κ3) is 2.52. The summed E-state index contributed by atoms with van der Waals surface area (Å²) in [5, 5.41) is 12.3. The number of rotatable bonds is 4. The Morgan fingerprint density at radius 3 is 2.22 bits per heavy atom. The van der Waals surface area contributed by atoms with Gasteiger partial charge in [-0.1, -0.05) is 19.8 Å². The van der Waals surface area contributed by atoms with Gasteiger partial charge in [-0.05, 0) is 38.5 Å². The molecular weight excluding hydrogens is 230 g/mol. The van der Waals surface area contributed by atoms with Crippen LogP contribution in [0.1, 0.15) is 58.3 Å². The third-order valence-corrected chi connectivity index (χ3v) is 4.80. The van der Waals surface area contributed by atoms with Gasteiger partial charge in [-0.15, -0.1) is 0 Å². The zero-order chi connectivity index (χ0) is 13.2. The van der Waals surface area contributed by atoms with Crippen molar-refractivity contribution in [3.8, 4) is 0 Å². The number of hydrogen-bond acceptors (Lipinski definition) is 2. The fourth-order valence-corrected chi connectivity index (χ4v) is 3.26. The largest absolute Gasteiger partial charge is 0.481 e. The number of amides is 1. The molecule has 0 bridgehead atoms. The maximum absolute atomic E-state index is 12.3. The van der Waals surface area contributed by atoms with Crippen LogP contribution in [0.25, 0.3) is 0 Å². The molecule has 0 aliphatic heterocycles. The van der Waals surface area contributed by atoms with Crippen molar-refractivity contribution >= 4 is 11.9 Å². The van der Waals surface area contributed by atoms with Crippen LogP contribution in [0.15, 0.2) is 0 Å². The summed E-state index contributed by atoms with van der Waals surface area (Å²) in [5.74, 6) is -1.63. The lowest BCUT2D eigenvalue weighted by atomic mass is 9.73. The zero-order valence-electron chi connectivity index (χ0n) is 11.1. The van der Waals surface area contributed by atoms with Gasteiger partial charge in [0.25, 0.3) is 0 Å². The molecule has 2 rings (SSSR count). The predicted molar refractivity (Wildman–Crippen MR) is 68.1 cm³/mol. The minimum Gasteiger partial charge on any atom is -0.481 e. The van der Waals surface area contributed by atoms with Gasteiger partial charge in [-0.3, -0.25) is 9.59 Å². The van der Waals surface area contributed by atoms with E-state index in [0.29, 0.717) is 6.42 Å². The van der Waals surface area contributed by atoms with E-state index in [1.165, 1.54) is 6.42 Å². The molecule has 18 heavy (non-hydrogen) atoms. The van der Waals surface area contributed by atoms with Gasteiger partial charge in [0.05, 0.1) is 11.8 Å². The number of carbonyl (C=O) groups excluding carboxylic acids is 1. The summed E-state index contributed by atoms with van der Waals surface area (Å²) in [7, 11) is 0. The van der Waals surface area contributed by atoms with Crippen LogP contribution in [-0.2, 0) is 9.59 Å². The molecule has 0 heterocycles. The van der Waals surface area contributed by atoms with Gasteiger partial charge in [0.1, 0.15) is 0 Å². The van der Waals surface area contributed by atoms with E-state index >= 15 is 0 Å². The van der Waals surface area contributed by atoms with Crippen molar-refractivity contribution in [2.75, 3.05) is 0 Å². The predicted octanol–water partition coefficient (Wildman–Crippen LogP) is 2.33. The average Bonchev–Trinajstić information content (AvgIpc) is 2.33. The van der Waals surface area contributed by atoms with Crippen LogP contribution < -0.4 is 5.32 Å². The molecule has 0 spiro atoms. The molecular formula is C14H23NO3. The van der Waals surface area contributed by atoms with Gasteiger partial charge in [0.2, 0.25) is 5.91 Å². The molecule has 2 aliphatic rings. The van der Waals surface area contributed by atoms with Gasteiger partial charge in [0.15, 0.2) is 0 Å². The second kappa shape index (κ2) is 5.29. The summed E-state index contributed by atoms with van der Waals surface area (Å²) in [6.45, 7) is 2.09. The monoisotopic (exact) mass is 253 g/mol. The highest BCUT2D eigenvalue weighted by Gasteiger charge is 2.41. The Morgan fingerprint density at radius 1 is 1.17 bits per heavy atom. The van der Waals surface area contributed by atoms with E-state index in [1.807, 2.05) is 0 Å². The molecule has 4 heteroatoms. The lowest BCUT2D eigenvalue weighted by molar-refractivity contribution is -0.149. The van der Waals surface area contributed by atoms with Crippen molar-refractivity contribution in [2.45, 2.75) is 63.8 Å². The highest BCUT2D eigenvalue weighted by atomic mass is 16.4. The molecule has 2 N–H and O–H groups in total. The fraction of sp³-hybridized carbons (Fsp3) is 0.857. The molecule has 0 saturated heterocycles. The van der Waals surface area contributed by atoms with Gasteiger partial charge < -0.3 is 10.4 Å². The average molecular weight is 253 g/mol. The van der Waals surface area contributed by atoms with Crippen LogP contribution in [0.3, 0.4) is 0 Å². The smallest absolute Gasteiger partial charge is 0.307 e. The van der Waals surface area contributed by atoms with Crippen LogP contribution in [0.4, 0.5) is 0 Å². The van der Waals surface area contributed by atoms with E-state index in [-0.39, 0.29) is 17.4 Å². The Hall–Kier alpha value is -1.06. The quantitative estimate of drug-likeness (QED) is 0.808. The number of carbonyl (C=O) groups is 2. The summed E-state index contributed by atoms with van der Waals surface area (Å²) in [6, 6.07) is 0. The van der Waals surface area contributed by atoms with Crippen molar-refractivity contribution < 1.29 is 14.7 Å². The van der Waals surface area contributed by atoms with E-state index in [4.69, 9.17) is 0 Å². The second-order valence-corrected chi connectivity index (χ2v) is 5.81. The second-order valence-electron chi connectivity index (χ2n) is 5.81. The van der Waals surface area contributed by atoms with E-state index in [9.17, 15) is 14.7 Å². The minimum absolute atomic E-state index is 0.0244. The van der Waals surface area contributed by atoms with Gasteiger partial charge in [0, 0.05) is 5.54 Å². The van der Waals surface area contributed by atoms with Crippen LogP contribution in [0, 0.1) is 11.8 Å². The Labute approximate surface area is 108 Å². The molecule has 0 unspecified atom stereocenters. The van der Waals surface area contributed by atoms with E-state index in [2.05, 4.69) is 12.2 Å². The number of aliphatic carboxylic acids is 1. The van der Waals surface area contributed by atoms with Crippen LogP contribution in [0.2, 0.25) is 0 Å². The third-order valence-electron chi connectivity index (χ3n) is 4.80. The molecule has 2 atom stereocenters. The number of carboxylic acid groups (broad SMARTS) is 1. The van der Waals surface area contributed by atoms with Crippen molar-refractivity contribution in [2.24, 2.45) is 11.8 Å². The van der Waals surface area contributed by atoms with E-state index in [0.717, 1.165) is 38.5 Å². The number of nitrogens with one attached hydrogen (secondary N) is 1. The Balaban J connectivity index is 2.00. The lowest BCUT2D eigenvalue weighted by Crippen LogP contribution is -2.55. The molecule has 1 amide bonds. The Kier molecular flexibility index (Phi) is 3.93. The molecule has 4 nitrogen and oxygen atoms in total. The standard InChI is InChI=1S/C14H23NO3/c1-2-14(8-5-9-14)15-12(16)10-6-3-4-7-11(10)13(17)18/h10-11H,2-9H2,1H3,(H,15,16)(H,17,18)/t10-,11+/m1/s1. The summed E-state index contributed by atoms with van der Waals surface area (Å²) in [4.78, 5) is 23.5. The molecule has 0 aromatic heterocycles. The number of carboxylic acids is 1. The number of hydrogen-bond donors (Lipinski definition) is 2. The van der Waals surface area contributed by atoms with Gasteiger partial charge in [-0.25, -0.2) is 0 Å². The summed E-state index contributed by atoms with van der Waals surface area (Å²) in [5.41, 5.74) is -0.0302. The van der Waals surface area contributed by atoms with Crippen molar-refractivity contribution in [1.82, 2.24) is 5.32 Å². The van der Waals surface area contributed by atoms with Crippen LogP contribution in [0.5, 0.6) is 0 Å². The maximum Gasteiger partial charge on any atom is 0.307 e. The summed E-state index contributed by atoms with van der Waals surface area (Å²) < 4.78 is 0. The molecule has 2 saturated carbocycles. The minimum atomic E-state index is -0.811.